The summed E-state index contributed by atoms with van der Waals surface area (Å²) in [5.41, 5.74) is 1.97. The normalized spacial score (nSPS) is 13.2. The summed E-state index contributed by atoms with van der Waals surface area (Å²) < 4.78 is 0. The molecule has 0 amide bonds. The smallest absolute Gasteiger partial charge is 0.0312 e. The molecule has 0 saturated heterocycles. The molecular formula is C12H22. The fraction of sp³-hybridized carbons (Fsp3) is 0.667. The monoisotopic (exact) mass is 166 g/mol. The summed E-state index contributed by atoms with van der Waals surface area (Å²) in [6.45, 7) is 12.8. The first-order valence-electron chi connectivity index (χ1n) is 4.80. The zero-order valence-electron chi connectivity index (χ0n) is 8.98. The molecule has 0 unspecified atom stereocenters. The second-order valence-corrected chi connectivity index (χ2v) is 4.47. The van der Waals surface area contributed by atoms with E-state index in [1.54, 1.807) is 0 Å². The first-order chi connectivity index (χ1) is 5.49. The summed E-state index contributed by atoms with van der Waals surface area (Å²) in [7, 11) is 0. The van der Waals surface area contributed by atoms with Gasteiger partial charge in [0.05, 0.1) is 0 Å². The molecule has 0 spiro atoms. The van der Waals surface area contributed by atoms with Gasteiger partial charge in [-0.25, -0.2) is 0 Å². The molecule has 0 N–H and O–H groups in total. The van der Waals surface area contributed by atoms with Crippen molar-refractivity contribution in [1.29, 1.82) is 0 Å². The summed E-state index contributed by atoms with van der Waals surface area (Å²) in [5.74, 6) is 0. The molecule has 0 nitrogen and oxygen atoms in total. The van der Waals surface area contributed by atoms with E-state index in [4.69, 9.17) is 0 Å². The predicted molar refractivity (Wildman–Crippen MR) is 57.3 cm³/mol. The van der Waals surface area contributed by atoms with Crippen molar-refractivity contribution < 1.29 is 0 Å². The average molecular weight is 166 g/mol. The topological polar surface area (TPSA) is 0 Å². The predicted octanol–water partition coefficient (Wildman–Crippen LogP) is 4.34. The van der Waals surface area contributed by atoms with Crippen LogP contribution in [0.25, 0.3) is 0 Å². The van der Waals surface area contributed by atoms with Crippen molar-refractivity contribution in [2.24, 2.45) is 5.41 Å². The van der Waals surface area contributed by atoms with Gasteiger partial charge >= 0.3 is 0 Å². The lowest BCUT2D eigenvalue weighted by molar-refractivity contribution is 0.376. The third-order valence-corrected chi connectivity index (χ3v) is 2.00. The van der Waals surface area contributed by atoms with E-state index in [1.165, 1.54) is 18.4 Å². The van der Waals surface area contributed by atoms with E-state index in [0.717, 1.165) is 6.42 Å². The molecular weight excluding hydrogens is 144 g/mol. The maximum absolute atomic E-state index is 3.72. The van der Waals surface area contributed by atoms with Gasteiger partial charge in [-0.15, -0.1) is 0 Å². The van der Waals surface area contributed by atoms with E-state index in [9.17, 15) is 0 Å². The van der Waals surface area contributed by atoms with Crippen LogP contribution in [0.5, 0.6) is 0 Å². The summed E-state index contributed by atoms with van der Waals surface area (Å²) in [5, 5.41) is 0. The summed E-state index contributed by atoms with van der Waals surface area (Å²) in [6, 6.07) is 0. The van der Waals surface area contributed by atoms with Crippen LogP contribution in [0.15, 0.2) is 24.3 Å². The molecule has 12 heavy (non-hydrogen) atoms. The molecule has 0 radical (unpaired) electrons. The minimum atomic E-state index is 0.454. The highest BCUT2D eigenvalue weighted by Gasteiger charge is 2.09. The molecule has 0 saturated carbocycles. The van der Waals surface area contributed by atoms with E-state index >= 15 is 0 Å². The molecule has 0 bridgehead atoms. The number of hydrogen-bond donors (Lipinski definition) is 0. The molecule has 0 fully saturated rings. The van der Waals surface area contributed by atoms with Crippen molar-refractivity contribution in [3.8, 4) is 0 Å². The number of allylic oxidation sites excluding steroid dienone is 3. The van der Waals surface area contributed by atoms with Crippen LogP contribution < -0.4 is 0 Å². The fourth-order valence-corrected chi connectivity index (χ4v) is 1.08. The van der Waals surface area contributed by atoms with E-state index in [2.05, 4.69) is 40.3 Å². The molecule has 0 heteroatoms. The standard InChI is InChI=1S/C12H22/c1-6-8-11(7-2)9-10-12(3,4)5/h6,8H,1,7,9-10H2,2-5H3/b11-8+. The van der Waals surface area contributed by atoms with E-state index in [-0.39, 0.29) is 0 Å². The lowest BCUT2D eigenvalue weighted by Gasteiger charge is -2.18. The van der Waals surface area contributed by atoms with Crippen LogP contribution in [0.2, 0.25) is 0 Å². The van der Waals surface area contributed by atoms with Crippen molar-refractivity contribution in [3.63, 3.8) is 0 Å². The summed E-state index contributed by atoms with van der Waals surface area (Å²) >= 11 is 0. The summed E-state index contributed by atoms with van der Waals surface area (Å²) in [4.78, 5) is 0. The van der Waals surface area contributed by atoms with Crippen molar-refractivity contribution in [2.45, 2.75) is 47.0 Å². The van der Waals surface area contributed by atoms with Gasteiger partial charge in [0, 0.05) is 0 Å². The minimum absolute atomic E-state index is 0.454. The maximum Gasteiger partial charge on any atom is -0.0312 e. The van der Waals surface area contributed by atoms with Crippen LogP contribution in [0.4, 0.5) is 0 Å². The maximum atomic E-state index is 3.72. The van der Waals surface area contributed by atoms with Crippen molar-refractivity contribution in [1.82, 2.24) is 0 Å². The van der Waals surface area contributed by atoms with Gasteiger partial charge in [0.2, 0.25) is 0 Å². The Labute approximate surface area is 77.4 Å². The third-order valence-electron chi connectivity index (χ3n) is 2.00. The molecule has 0 heterocycles. The van der Waals surface area contributed by atoms with Crippen molar-refractivity contribution in [3.05, 3.63) is 24.3 Å². The van der Waals surface area contributed by atoms with Crippen LogP contribution in [0.1, 0.15) is 47.0 Å². The van der Waals surface area contributed by atoms with Gasteiger partial charge in [-0.1, -0.05) is 52.0 Å². The van der Waals surface area contributed by atoms with E-state index in [1.807, 2.05) is 6.08 Å². The molecule has 0 aromatic carbocycles. The molecule has 70 valence electrons. The lowest BCUT2D eigenvalue weighted by Crippen LogP contribution is -2.04. The minimum Gasteiger partial charge on any atom is -0.0991 e. The average Bonchev–Trinajstić information content (AvgIpc) is 1.96. The Balaban J connectivity index is 3.89. The molecule has 0 atom stereocenters. The van der Waals surface area contributed by atoms with Gasteiger partial charge < -0.3 is 0 Å². The molecule has 0 rings (SSSR count). The molecule has 0 aromatic heterocycles. The Morgan fingerprint density at radius 1 is 1.33 bits per heavy atom. The Morgan fingerprint density at radius 2 is 1.92 bits per heavy atom. The van der Waals surface area contributed by atoms with Crippen LogP contribution in [-0.4, -0.2) is 0 Å². The SMILES string of the molecule is C=C/C=C(\CC)CCC(C)(C)C. The zero-order valence-corrected chi connectivity index (χ0v) is 8.98. The Kier molecular flexibility index (Phi) is 4.96. The number of hydrogen-bond acceptors (Lipinski definition) is 0. The Hall–Kier alpha value is -0.520. The van der Waals surface area contributed by atoms with E-state index in [0.29, 0.717) is 5.41 Å². The highest BCUT2D eigenvalue weighted by Crippen LogP contribution is 2.24. The van der Waals surface area contributed by atoms with Crippen LogP contribution in [0.3, 0.4) is 0 Å². The molecule has 0 aromatic rings. The van der Waals surface area contributed by atoms with E-state index < -0.39 is 0 Å². The Morgan fingerprint density at radius 3 is 2.25 bits per heavy atom. The van der Waals surface area contributed by atoms with Crippen LogP contribution in [0, 0.1) is 5.41 Å². The second kappa shape index (κ2) is 5.18. The van der Waals surface area contributed by atoms with Gasteiger partial charge in [-0.3, -0.25) is 0 Å². The molecule has 0 aliphatic heterocycles. The Bertz CT molecular complexity index is 155. The fourth-order valence-electron chi connectivity index (χ4n) is 1.08. The molecule has 0 aliphatic rings. The van der Waals surface area contributed by atoms with Gasteiger partial charge in [0.25, 0.3) is 0 Å². The van der Waals surface area contributed by atoms with Gasteiger partial charge in [0.15, 0.2) is 0 Å². The van der Waals surface area contributed by atoms with Crippen LogP contribution in [-0.2, 0) is 0 Å². The van der Waals surface area contributed by atoms with Crippen molar-refractivity contribution in [2.75, 3.05) is 0 Å². The molecule has 0 aliphatic carbocycles. The first kappa shape index (κ1) is 11.5. The first-order valence-corrected chi connectivity index (χ1v) is 4.80. The second-order valence-electron chi connectivity index (χ2n) is 4.47. The highest BCUT2D eigenvalue weighted by atomic mass is 14.2. The van der Waals surface area contributed by atoms with Gasteiger partial charge in [-0.2, -0.15) is 0 Å². The highest BCUT2D eigenvalue weighted by molar-refractivity contribution is 5.09. The summed E-state index contributed by atoms with van der Waals surface area (Å²) in [6.07, 6.45) is 7.67. The van der Waals surface area contributed by atoms with Gasteiger partial charge in [0.1, 0.15) is 0 Å². The quantitative estimate of drug-likeness (QED) is 0.545. The van der Waals surface area contributed by atoms with Crippen LogP contribution >= 0.6 is 0 Å². The van der Waals surface area contributed by atoms with Crippen molar-refractivity contribution >= 4 is 0 Å². The third kappa shape index (κ3) is 6.21. The van der Waals surface area contributed by atoms with Gasteiger partial charge in [-0.05, 0) is 24.7 Å². The lowest BCUT2D eigenvalue weighted by atomic mass is 9.88. The zero-order chi connectivity index (χ0) is 9.61. The largest absolute Gasteiger partial charge is 0.0991 e. The number of rotatable bonds is 4.